The number of pyridine rings is 2. The monoisotopic (exact) mass is 411 g/mol. The second-order valence-electron chi connectivity index (χ2n) is 7.13. The topological polar surface area (TPSA) is 150 Å². The Hall–Kier alpha value is -3.60. The van der Waals surface area contributed by atoms with E-state index in [-0.39, 0.29) is 29.3 Å². The van der Waals surface area contributed by atoms with Crippen molar-refractivity contribution in [3.63, 3.8) is 0 Å². The van der Waals surface area contributed by atoms with Gasteiger partial charge in [0.1, 0.15) is 5.82 Å². The van der Waals surface area contributed by atoms with Gasteiger partial charge in [0.25, 0.3) is 5.91 Å². The average Bonchev–Trinajstić information content (AvgIpc) is 3.27. The van der Waals surface area contributed by atoms with Crippen LogP contribution >= 0.6 is 0 Å². The van der Waals surface area contributed by atoms with Gasteiger partial charge in [0.05, 0.1) is 29.8 Å². The van der Waals surface area contributed by atoms with Crippen LogP contribution in [0.25, 0.3) is 5.82 Å². The Kier molecular flexibility index (Phi) is 5.53. The van der Waals surface area contributed by atoms with Gasteiger partial charge in [-0.25, -0.2) is 14.4 Å². The maximum Gasteiger partial charge on any atom is 0.252 e. The van der Waals surface area contributed by atoms with Crippen LogP contribution in [-0.2, 0) is 0 Å². The molecule has 2 atom stereocenters. The van der Waals surface area contributed by atoms with Crippen LogP contribution in [0.15, 0.2) is 36.8 Å². The molecule has 3 aromatic heterocycles. The Morgan fingerprint density at radius 1 is 1.17 bits per heavy atom. The summed E-state index contributed by atoms with van der Waals surface area (Å²) in [7, 11) is 0. The highest BCUT2D eigenvalue weighted by molar-refractivity contribution is 5.98. The molecular weight excluding hydrogens is 389 g/mol. The van der Waals surface area contributed by atoms with E-state index in [1.165, 1.54) is 11.0 Å². The number of rotatable bonds is 6. The molecule has 1 unspecified atom stereocenters. The zero-order chi connectivity index (χ0) is 21.1. The third kappa shape index (κ3) is 4.20. The van der Waals surface area contributed by atoms with Crippen LogP contribution in [0, 0.1) is 5.82 Å². The number of carbonyl (C=O) groups excluding carboxylic acids is 1. The number of amides is 1. The number of nitrogens with zero attached hydrogens (tertiary/aromatic N) is 5. The van der Waals surface area contributed by atoms with Crippen molar-refractivity contribution in [3.05, 3.63) is 48.2 Å². The summed E-state index contributed by atoms with van der Waals surface area (Å²) in [6.07, 6.45) is 8.38. The molecule has 4 rings (SSSR count). The first kappa shape index (κ1) is 19.7. The van der Waals surface area contributed by atoms with Crippen molar-refractivity contribution in [2.45, 2.75) is 37.8 Å². The van der Waals surface area contributed by atoms with Crippen LogP contribution in [0.1, 0.15) is 36.0 Å². The van der Waals surface area contributed by atoms with E-state index < -0.39 is 11.7 Å². The summed E-state index contributed by atoms with van der Waals surface area (Å²) in [5.74, 6) is -0.792. The van der Waals surface area contributed by atoms with Gasteiger partial charge in [0, 0.05) is 12.1 Å². The van der Waals surface area contributed by atoms with Gasteiger partial charge >= 0.3 is 0 Å². The number of carbonyl (C=O) groups is 1. The first-order chi connectivity index (χ1) is 14.5. The lowest BCUT2D eigenvalue weighted by atomic mass is 9.91. The molecule has 10 nitrogen and oxygen atoms in total. The fraction of sp³-hybridized carbons (Fsp3) is 0.316. The van der Waals surface area contributed by atoms with E-state index in [0.717, 1.165) is 31.7 Å². The van der Waals surface area contributed by atoms with Crippen molar-refractivity contribution in [3.8, 4) is 5.82 Å². The quantitative estimate of drug-likeness (QED) is 0.479. The fourth-order valence-electron chi connectivity index (χ4n) is 3.44. The molecule has 1 aliphatic rings. The van der Waals surface area contributed by atoms with E-state index >= 15 is 0 Å². The van der Waals surface area contributed by atoms with Gasteiger partial charge in [-0.15, -0.1) is 4.80 Å². The molecule has 0 saturated heterocycles. The molecule has 0 spiro atoms. The summed E-state index contributed by atoms with van der Waals surface area (Å²) < 4.78 is 14.6. The number of nitrogens with two attached hydrogens (primary N) is 2. The standard InChI is InChI=1S/C19H22FN9O/c20-13-9-12(17(22)30)18(28-19(13)27-15-4-2-1-3-14(15)21)26-11-5-6-16(23-10-11)29-24-7-8-25-29/h5-10,14-15H,1-4,21H2,(H2,22,30)(H2,26,27,28)/t14-,15?/m0/s1. The van der Waals surface area contributed by atoms with E-state index in [0.29, 0.717) is 11.5 Å². The molecule has 0 radical (unpaired) electrons. The third-order valence-corrected chi connectivity index (χ3v) is 5.02. The number of primary amides is 1. The Morgan fingerprint density at radius 2 is 1.93 bits per heavy atom. The minimum Gasteiger partial charge on any atom is -0.365 e. The molecule has 0 aromatic carbocycles. The molecule has 3 heterocycles. The lowest BCUT2D eigenvalue weighted by Gasteiger charge is -2.30. The summed E-state index contributed by atoms with van der Waals surface area (Å²) in [5, 5.41) is 14.1. The Labute approximate surface area is 171 Å². The predicted molar refractivity (Wildman–Crippen MR) is 109 cm³/mol. The van der Waals surface area contributed by atoms with Gasteiger partial charge in [-0.3, -0.25) is 4.79 Å². The van der Waals surface area contributed by atoms with Crippen molar-refractivity contribution in [2.75, 3.05) is 10.6 Å². The third-order valence-electron chi connectivity index (χ3n) is 5.02. The SMILES string of the molecule is NC(=O)c1cc(F)c(NC2CCCC[C@@H]2N)nc1Nc1ccc(-n2nccn2)nc1. The highest BCUT2D eigenvalue weighted by Crippen LogP contribution is 2.26. The van der Waals surface area contributed by atoms with Crippen molar-refractivity contribution in [1.29, 1.82) is 0 Å². The summed E-state index contributed by atoms with van der Waals surface area (Å²) in [6, 6.07) is 4.31. The number of hydrogen-bond donors (Lipinski definition) is 4. The average molecular weight is 411 g/mol. The minimum atomic E-state index is -0.796. The Balaban J connectivity index is 1.60. The van der Waals surface area contributed by atoms with Gasteiger partial charge < -0.3 is 22.1 Å². The molecule has 156 valence electrons. The van der Waals surface area contributed by atoms with Crippen LogP contribution in [0.2, 0.25) is 0 Å². The molecule has 11 heteroatoms. The van der Waals surface area contributed by atoms with Gasteiger partial charge in [0.2, 0.25) is 0 Å². The molecule has 6 N–H and O–H groups in total. The lowest BCUT2D eigenvalue weighted by Crippen LogP contribution is -2.43. The van der Waals surface area contributed by atoms with E-state index in [4.69, 9.17) is 11.5 Å². The maximum atomic E-state index is 14.6. The highest BCUT2D eigenvalue weighted by Gasteiger charge is 2.24. The van der Waals surface area contributed by atoms with E-state index in [1.807, 2.05) is 0 Å². The lowest BCUT2D eigenvalue weighted by molar-refractivity contribution is 0.100. The zero-order valence-corrected chi connectivity index (χ0v) is 16.1. The maximum absolute atomic E-state index is 14.6. The van der Waals surface area contributed by atoms with E-state index in [9.17, 15) is 9.18 Å². The zero-order valence-electron chi connectivity index (χ0n) is 16.1. The first-order valence-electron chi connectivity index (χ1n) is 9.63. The Bertz CT molecular complexity index is 1020. The van der Waals surface area contributed by atoms with Gasteiger partial charge in [0.15, 0.2) is 17.5 Å². The van der Waals surface area contributed by atoms with Gasteiger partial charge in [-0.2, -0.15) is 10.2 Å². The van der Waals surface area contributed by atoms with Crippen molar-refractivity contribution >= 4 is 23.2 Å². The van der Waals surface area contributed by atoms with E-state index in [1.54, 1.807) is 24.5 Å². The molecule has 1 amide bonds. The van der Waals surface area contributed by atoms with Crippen LogP contribution in [0.4, 0.5) is 21.7 Å². The van der Waals surface area contributed by atoms with E-state index in [2.05, 4.69) is 30.8 Å². The fourth-order valence-corrected chi connectivity index (χ4v) is 3.44. The summed E-state index contributed by atoms with van der Waals surface area (Å²) in [5.41, 5.74) is 12.0. The number of hydrogen-bond acceptors (Lipinski definition) is 8. The van der Waals surface area contributed by atoms with Crippen molar-refractivity contribution < 1.29 is 9.18 Å². The van der Waals surface area contributed by atoms with Crippen LogP contribution in [-0.4, -0.2) is 43.0 Å². The minimum absolute atomic E-state index is 0.0233. The summed E-state index contributed by atoms with van der Waals surface area (Å²) >= 11 is 0. The smallest absolute Gasteiger partial charge is 0.252 e. The number of nitrogens with one attached hydrogen (secondary N) is 2. The number of aromatic nitrogens is 5. The van der Waals surface area contributed by atoms with Crippen LogP contribution in [0.3, 0.4) is 0 Å². The van der Waals surface area contributed by atoms with Crippen LogP contribution < -0.4 is 22.1 Å². The van der Waals surface area contributed by atoms with Gasteiger partial charge in [-0.05, 0) is 31.0 Å². The van der Waals surface area contributed by atoms with Crippen LogP contribution in [0.5, 0.6) is 0 Å². The van der Waals surface area contributed by atoms with Crippen molar-refractivity contribution in [2.24, 2.45) is 11.5 Å². The molecule has 3 aromatic rings. The molecule has 1 fully saturated rings. The summed E-state index contributed by atoms with van der Waals surface area (Å²) in [4.78, 5) is 21.7. The molecule has 1 saturated carbocycles. The second kappa shape index (κ2) is 8.41. The normalized spacial score (nSPS) is 18.7. The molecule has 0 bridgehead atoms. The molecule has 30 heavy (non-hydrogen) atoms. The summed E-state index contributed by atoms with van der Waals surface area (Å²) in [6.45, 7) is 0. The molecule has 0 aliphatic heterocycles. The molecular formula is C19H22FN9O. The Morgan fingerprint density at radius 3 is 2.60 bits per heavy atom. The second-order valence-corrected chi connectivity index (χ2v) is 7.13. The predicted octanol–water partition coefficient (Wildman–Crippen LogP) is 1.72. The number of anilines is 3. The number of halogens is 1. The first-order valence-corrected chi connectivity index (χ1v) is 9.63. The van der Waals surface area contributed by atoms with Crippen molar-refractivity contribution in [1.82, 2.24) is 25.0 Å². The molecule has 1 aliphatic carbocycles. The van der Waals surface area contributed by atoms with Gasteiger partial charge in [-0.1, -0.05) is 12.8 Å². The largest absolute Gasteiger partial charge is 0.365 e. The highest BCUT2D eigenvalue weighted by atomic mass is 19.1.